The maximum atomic E-state index is 10.9. The Bertz CT molecular complexity index is 506. The normalized spacial score (nSPS) is 9.75. The zero-order valence-corrected chi connectivity index (χ0v) is 8.21. The van der Waals surface area contributed by atoms with Gasteiger partial charge in [0.2, 0.25) is 6.29 Å². The van der Waals surface area contributed by atoms with E-state index in [0.717, 1.165) is 5.56 Å². The topological polar surface area (TPSA) is 72.2 Å². The Balaban J connectivity index is 2.26. The number of anilines is 1. The van der Waals surface area contributed by atoms with Crippen molar-refractivity contribution in [3.05, 3.63) is 36.9 Å². The Hall–Kier alpha value is -2.43. The number of benzene rings is 1. The smallest absolute Gasteiger partial charge is 0.288 e. The number of hydrogen-bond donors (Lipinski definition) is 1. The average molecular weight is 216 g/mol. The van der Waals surface area contributed by atoms with Crippen molar-refractivity contribution < 1.29 is 14.0 Å². The van der Waals surface area contributed by atoms with Crippen LogP contribution in [0.15, 0.2) is 41.3 Å². The molecule has 1 aromatic carbocycles. The van der Waals surface area contributed by atoms with Crippen molar-refractivity contribution in [1.29, 1.82) is 0 Å². The molecule has 5 nitrogen and oxygen atoms in total. The lowest BCUT2D eigenvalue weighted by Crippen LogP contribution is -2.11. The second kappa shape index (κ2) is 4.39. The molecule has 0 saturated carbocycles. The Labute approximate surface area is 91.1 Å². The minimum absolute atomic E-state index is 0.223. The number of carbonyl (C=O) groups excluding carboxylic acids is 2. The fourth-order valence-corrected chi connectivity index (χ4v) is 1.28. The number of aldehydes is 1. The molecule has 0 aliphatic carbocycles. The van der Waals surface area contributed by atoms with Crippen molar-refractivity contribution in [3.63, 3.8) is 0 Å². The van der Waals surface area contributed by atoms with Crippen molar-refractivity contribution in [1.82, 2.24) is 4.98 Å². The zero-order chi connectivity index (χ0) is 11.4. The lowest BCUT2D eigenvalue weighted by Gasteiger charge is -2.02. The Morgan fingerprint density at radius 2 is 2.31 bits per heavy atom. The second-order valence-electron chi connectivity index (χ2n) is 3.05. The third kappa shape index (κ3) is 2.14. The molecular formula is C11H8N2O3. The van der Waals surface area contributed by atoms with Gasteiger partial charge in [-0.25, -0.2) is 4.98 Å². The van der Waals surface area contributed by atoms with Gasteiger partial charge in [0.15, 0.2) is 12.2 Å². The van der Waals surface area contributed by atoms with Crippen LogP contribution in [0.5, 0.6) is 0 Å². The third-order valence-corrected chi connectivity index (χ3v) is 1.95. The molecule has 2 aromatic rings. The van der Waals surface area contributed by atoms with Crippen LogP contribution >= 0.6 is 0 Å². The van der Waals surface area contributed by atoms with Gasteiger partial charge in [0.25, 0.3) is 5.91 Å². The van der Waals surface area contributed by atoms with Gasteiger partial charge in [-0.3, -0.25) is 9.59 Å². The molecule has 0 bridgehead atoms. The first kappa shape index (κ1) is 10.1. The van der Waals surface area contributed by atoms with E-state index in [1.165, 1.54) is 6.39 Å². The maximum absolute atomic E-state index is 10.9. The zero-order valence-electron chi connectivity index (χ0n) is 8.21. The fraction of sp³-hybridized carbons (Fsp3) is 0. The molecular weight excluding hydrogens is 208 g/mol. The number of hydrogen-bond acceptors (Lipinski definition) is 4. The van der Waals surface area contributed by atoms with Gasteiger partial charge in [0.05, 0.1) is 6.20 Å². The number of nitrogens with one attached hydrogen (secondary N) is 1. The van der Waals surface area contributed by atoms with Crippen LogP contribution in [0.25, 0.3) is 11.3 Å². The summed E-state index contributed by atoms with van der Waals surface area (Å²) in [7, 11) is 0. The van der Waals surface area contributed by atoms with Crippen LogP contribution in [0.1, 0.15) is 0 Å². The van der Waals surface area contributed by atoms with Gasteiger partial charge in [-0.05, 0) is 12.1 Å². The molecule has 0 radical (unpaired) electrons. The van der Waals surface area contributed by atoms with E-state index in [1.54, 1.807) is 24.4 Å². The van der Waals surface area contributed by atoms with E-state index >= 15 is 0 Å². The molecule has 0 saturated heterocycles. The highest BCUT2D eigenvalue weighted by atomic mass is 16.3. The number of aromatic nitrogens is 1. The largest absolute Gasteiger partial charge is 0.444 e. The van der Waals surface area contributed by atoms with Crippen LogP contribution in [0.2, 0.25) is 0 Å². The molecule has 1 amide bonds. The molecule has 5 heteroatoms. The predicted molar refractivity (Wildman–Crippen MR) is 56.6 cm³/mol. The molecule has 1 heterocycles. The summed E-state index contributed by atoms with van der Waals surface area (Å²) in [6, 6.07) is 6.94. The monoisotopic (exact) mass is 216 g/mol. The molecule has 0 spiro atoms. The van der Waals surface area contributed by atoms with Crippen LogP contribution in [0.3, 0.4) is 0 Å². The van der Waals surface area contributed by atoms with Gasteiger partial charge in [-0.15, -0.1) is 0 Å². The van der Waals surface area contributed by atoms with Crippen LogP contribution in [0, 0.1) is 0 Å². The van der Waals surface area contributed by atoms with Crippen LogP contribution in [-0.4, -0.2) is 17.2 Å². The highest BCUT2D eigenvalue weighted by Gasteiger charge is 2.04. The summed E-state index contributed by atoms with van der Waals surface area (Å²) in [5.74, 6) is -0.0862. The highest BCUT2D eigenvalue weighted by molar-refractivity contribution is 6.29. The van der Waals surface area contributed by atoms with Gasteiger partial charge in [0, 0.05) is 11.3 Å². The number of rotatable bonds is 3. The molecule has 0 aliphatic rings. The van der Waals surface area contributed by atoms with E-state index in [1.807, 2.05) is 6.07 Å². The lowest BCUT2D eigenvalue weighted by atomic mass is 10.1. The van der Waals surface area contributed by atoms with Gasteiger partial charge < -0.3 is 9.73 Å². The van der Waals surface area contributed by atoms with Crippen molar-refractivity contribution in [2.24, 2.45) is 0 Å². The number of nitrogens with zero attached hydrogens (tertiary/aromatic N) is 1. The van der Waals surface area contributed by atoms with Gasteiger partial charge in [-0.1, -0.05) is 12.1 Å². The van der Waals surface area contributed by atoms with E-state index in [9.17, 15) is 9.59 Å². The number of oxazole rings is 1. The molecule has 80 valence electrons. The fourth-order valence-electron chi connectivity index (χ4n) is 1.28. The first-order valence-electron chi connectivity index (χ1n) is 4.54. The van der Waals surface area contributed by atoms with Crippen molar-refractivity contribution in [2.75, 3.05) is 5.32 Å². The molecule has 0 unspecified atom stereocenters. The molecule has 0 aliphatic heterocycles. The second-order valence-corrected chi connectivity index (χ2v) is 3.05. The Kier molecular flexibility index (Phi) is 2.77. The van der Waals surface area contributed by atoms with E-state index in [-0.39, 0.29) is 6.29 Å². The summed E-state index contributed by atoms with van der Waals surface area (Å²) in [5, 5.41) is 2.42. The number of amides is 1. The van der Waals surface area contributed by atoms with E-state index in [0.29, 0.717) is 11.4 Å². The highest BCUT2D eigenvalue weighted by Crippen LogP contribution is 2.21. The molecule has 2 rings (SSSR count). The Morgan fingerprint density at radius 1 is 1.44 bits per heavy atom. The Morgan fingerprint density at radius 3 is 3.00 bits per heavy atom. The van der Waals surface area contributed by atoms with Crippen LogP contribution < -0.4 is 5.32 Å². The van der Waals surface area contributed by atoms with E-state index < -0.39 is 5.91 Å². The minimum atomic E-state index is -0.685. The first-order chi connectivity index (χ1) is 7.79. The standard InChI is InChI=1S/C11H8N2O3/c14-6-11(15)13-9-3-1-2-8(4-9)10-5-12-7-16-10/h1-7H,(H,13,15). The molecule has 0 fully saturated rings. The van der Waals surface area contributed by atoms with Crippen LogP contribution in [0.4, 0.5) is 5.69 Å². The van der Waals surface area contributed by atoms with Gasteiger partial charge in [0.1, 0.15) is 0 Å². The summed E-state index contributed by atoms with van der Waals surface area (Å²) >= 11 is 0. The minimum Gasteiger partial charge on any atom is -0.444 e. The van der Waals surface area contributed by atoms with Gasteiger partial charge >= 0.3 is 0 Å². The molecule has 1 N–H and O–H groups in total. The SMILES string of the molecule is O=CC(=O)Nc1cccc(-c2cnco2)c1. The number of carbonyl (C=O) groups is 2. The van der Waals surface area contributed by atoms with Gasteiger partial charge in [-0.2, -0.15) is 0 Å². The lowest BCUT2D eigenvalue weighted by molar-refractivity contribution is -0.127. The summed E-state index contributed by atoms with van der Waals surface area (Å²) in [6.45, 7) is 0. The quantitative estimate of drug-likeness (QED) is 0.623. The maximum Gasteiger partial charge on any atom is 0.288 e. The first-order valence-corrected chi connectivity index (χ1v) is 4.54. The summed E-state index contributed by atoms with van der Waals surface area (Å²) in [4.78, 5) is 24.8. The summed E-state index contributed by atoms with van der Waals surface area (Å²) in [5.41, 5.74) is 1.31. The molecule has 16 heavy (non-hydrogen) atoms. The van der Waals surface area contributed by atoms with E-state index in [4.69, 9.17) is 4.42 Å². The van der Waals surface area contributed by atoms with E-state index in [2.05, 4.69) is 10.3 Å². The van der Waals surface area contributed by atoms with Crippen LogP contribution in [-0.2, 0) is 9.59 Å². The van der Waals surface area contributed by atoms with Crippen molar-refractivity contribution in [2.45, 2.75) is 0 Å². The molecule has 1 aromatic heterocycles. The third-order valence-electron chi connectivity index (χ3n) is 1.95. The predicted octanol–water partition coefficient (Wildman–Crippen LogP) is 1.48. The summed E-state index contributed by atoms with van der Waals surface area (Å²) < 4.78 is 5.11. The summed E-state index contributed by atoms with van der Waals surface area (Å²) in [6.07, 6.45) is 3.12. The van der Waals surface area contributed by atoms with Crippen molar-refractivity contribution >= 4 is 17.9 Å². The van der Waals surface area contributed by atoms with Crippen molar-refractivity contribution in [3.8, 4) is 11.3 Å². The average Bonchev–Trinajstić information content (AvgIpc) is 2.83. The molecule has 0 atom stereocenters.